The normalized spacial score (nSPS) is 10.9. The third kappa shape index (κ3) is 32.0. The molecule has 0 aliphatic heterocycles. The van der Waals surface area contributed by atoms with Crippen LogP contribution in [0.15, 0.2) is 386 Å². The van der Waals surface area contributed by atoms with E-state index in [1.54, 1.807) is 48.5 Å². The first-order chi connectivity index (χ1) is 70.6. The molecule has 0 aliphatic rings. The molecule has 4 N–H and O–H groups in total. The number of phenolic OH excluding ortho intramolecular Hbond substituents is 4. The van der Waals surface area contributed by atoms with Gasteiger partial charge < -0.3 is 20.4 Å². The van der Waals surface area contributed by atoms with Crippen LogP contribution in [0.5, 0.6) is 23.0 Å². The van der Waals surface area contributed by atoms with E-state index >= 15 is 0 Å². The van der Waals surface area contributed by atoms with Gasteiger partial charge in [-0.2, -0.15) is 98.5 Å². The maximum absolute atomic E-state index is 11.2. The van der Waals surface area contributed by atoms with E-state index in [0.717, 1.165) is 109 Å². The van der Waals surface area contributed by atoms with Crippen molar-refractivity contribution < 1.29 is 72.5 Å². The van der Waals surface area contributed by atoms with Crippen molar-refractivity contribution in [3.63, 3.8) is 0 Å². The number of hydrogen-bond acceptors (Lipinski definition) is 12. The number of phenols is 4. The molecule has 0 radical (unpaired) electrons. The monoisotopic (exact) mass is 2450 g/mol. The second-order valence-corrected chi connectivity index (χ2v) is 45.3. The second-order valence-electron chi connectivity index (χ2n) is 38.6. The minimum absolute atomic E-state index is 0. The van der Waals surface area contributed by atoms with Crippen LogP contribution in [0.4, 0.5) is 0 Å². The van der Waals surface area contributed by atoms with E-state index in [4.69, 9.17) is 113 Å². The van der Waals surface area contributed by atoms with E-state index in [2.05, 4.69) is 135 Å². The van der Waals surface area contributed by atoms with Gasteiger partial charge in [0.05, 0.1) is 85.2 Å². The standard InChI is InChI=1S/4C25H21Cl2NOS.4C7H7.Hf.Zr/c4*1-25(2,3)16-12-17(15-8-5-4-6-9-15)23(29)18(13-16)24-28-21(14-30-24)22-19(26)10-7-11-20(22)27;4*1-7-5-3-2-4-6-7;;/h4*4-14,29H,1-3H3;4*2-6H,1H2;;/q;;;;4*-1;;+2. The summed E-state index contributed by atoms with van der Waals surface area (Å²) in [5.74, 6) is 0.890. The Labute approximate surface area is 977 Å². The van der Waals surface area contributed by atoms with Crippen LogP contribution in [0.1, 0.15) is 128 Å². The Hall–Kier alpha value is -11.2. The van der Waals surface area contributed by atoms with Gasteiger partial charge in [0.25, 0.3) is 0 Å². The molecule has 150 heavy (non-hydrogen) atoms. The van der Waals surface area contributed by atoms with Crippen molar-refractivity contribution in [3.05, 3.63) is 498 Å². The predicted octanol–water partition coefficient (Wildman–Crippen LogP) is 41.3. The van der Waals surface area contributed by atoms with Crippen molar-refractivity contribution in [2.24, 2.45) is 0 Å². The van der Waals surface area contributed by atoms with Gasteiger partial charge in [0.1, 0.15) is 43.0 Å². The zero-order chi connectivity index (χ0) is 106. The van der Waals surface area contributed by atoms with Gasteiger partial charge in [-0.1, -0.05) is 346 Å². The molecule has 758 valence electrons. The first kappa shape index (κ1) is 119. The van der Waals surface area contributed by atoms with E-state index in [1.807, 2.05) is 313 Å². The van der Waals surface area contributed by atoms with Crippen LogP contribution >= 0.6 is 138 Å². The zero-order valence-corrected chi connectivity index (χ0v) is 100. The molecule has 4 aromatic heterocycles. The molecule has 0 aliphatic carbocycles. The van der Waals surface area contributed by atoms with Gasteiger partial charge in [-0.25, -0.2) is 19.9 Å². The van der Waals surface area contributed by atoms with Gasteiger partial charge in [0, 0.05) is 91.9 Å². The summed E-state index contributed by atoms with van der Waals surface area (Å²) in [4.78, 5) is 19.1. The van der Waals surface area contributed by atoms with Crippen LogP contribution in [0.2, 0.25) is 40.2 Å². The van der Waals surface area contributed by atoms with Crippen LogP contribution in [0.3, 0.4) is 0 Å². The molecular formula is C128H112Cl8HfN4O4S4Zr-2. The van der Waals surface area contributed by atoms with E-state index in [9.17, 15) is 20.4 Å². The summed E-state index contributed by atoms with van der Waals surface area (Å²) < 4.78 is 0. The molecule has 0 atom stereocenters. The number of aromatic hydroxyl groups is 4. The summed E-state index contributed by atoms with van der Waals surface area (Å²) in [5, 5.41) is 59.8. The summed E-state index contributed by atoms with van der Waals surface area (Å²) in [6.45, 7) is 40.8. The first-order valence-electron chi connectivity index (χ1n) is 47.4. The number of benzene rings is 16. The number of hydrogen-bond donors (Lipinski definition) is 4. The van der Waals surface area contributed by atoms with E-state index < -0.39 is 0 Å². The maximum atomic E-state index is 11.2. The molecule has 0 fully saturated rings. The van der Waals surface area contributed by atoms with Gasteiger partial charge in [-0.15, -0.1) is 93.9 Å². The van der Waals surface area contributed by atoms with E-state index in [-0.39, 0.29) is 96.7 Å². The van der Waals surface area contributed by atoms with E-state index in [0.29, 0.717) is 107 Å². The average Bonchev–Trinajstić information content (AvgIpc) is 1.61. The molecule has 8 nitrogen and oxygen atoms in total. The number of rotatable bonds is 12. The Kier molecular flexibility index (Phi) is 43.5. The van der Waals surface area contributed by atoms with Crippen LogP contribution in [0.25, 0.3) is 132 Å². The molecule has 16 aromatic carbocycles. The molecule has 0 saturated heterocycles. The van der Waals surface area contributed by atoms with Crippen molar-refractivity contribution in [2.45, 2.75) is 105 Å². The van der Waals surface area contributed by atoms with Crippen LogP contribution < -0.4 is 0 Å². The molecule has 20 rings (SSSR count). The summed E-state index contributed by atoms with van der Waals surface area (Å²) in [6.07, 6.45) is 0. The first-order valence-corrected chi connectivity index (χ1v) is 53.9. The SMILES string of the molecule is CC(C)(C)c1cc(-c2ccccc2)c(O)c(-c2nc(-c3c(Cl)cccc3Cl)cs2)c1.CC(C)(C)c1cc(-c2ccccc2)c(O)c(-c2nc(-c3c(Cl)cccc3Cl)cs2)c1.CC(C)(C)c1cc(-c2ccccc2)c(O)c(-c2nc(-c3c(Cl)cccc3Cl)cs2)c1.CC(C)(C)c1cc(-c2ccccc2)c(O)c(-c2nc(-c3c(Cl)cccc3Cl)cs2)c1.[CH2-]c1ccccc1.[CH2-]c1ccccc1.[CH2-]c1ccccc1.[CH2-]c1ccccc1.[Hf].[Zr+2]. The average molecular weight is 2450 g/mol. The molecule has 20 aromatic rings. The number of aromatic nitrogens is 4. The third-order valence-electron chi connectivity index (χ3n) is 23.4. The van der Waals surface area contributed by atoms with Crippen LogP contribution in [-0.2, 0) is 73.7 Å². The van der Waals surface area contributed by atoms with Crippen LogP contribution in [-0.4, -0.2) is 40.4 Å². The van der Waals surface area contributed by atoms with Gasteiger partial charge in [0.15, 0.2) is 0 Å². The minimum atomic E-state index is -0.0852. The smallest absolute Gasteiger partial charge is 0.507 e. The summed E-state index contributed by atoms with van der Waals surface area (Å²) in [5.41, 5.74) is 24.0. The predicted molar refractivity (Wildman–Crippen MR) is 639 cm³/mol. The Bertz CT molecular complexity index is 6810. The van der Waals surface area contributed by atoms with Crippen molar-refractivity contribution >= 4 is 138 Å². The molecule has 0 unspecified atom stereocenters. The Morgan fingerprint density at radius 3 is 0.480 bits per heavy atom. The van der Waals surface area contributed by atoms with Gasteiger partial charge in [-0.05, 0) is 163 Å². The third-order valence-corrected chi connectivity index (χ3v) is 29.5. The molecule has 4 heterocycles. The molecule has 22 heteroatoms. The number of thiazole rings is 4. The fraction of sp³-hybridized carbons (Fsp3) is 0.125. The van der Waals surface area contributed by atoms with Gasteiger partial charge in [-0.3, -0.25) is 0 Å². The second kappa shape index (κ2) is 54.9. The Morgan fingerprint density at radius 1 is 0.207 bits per heavy atom. The fourth-order valence-electron chi connectivity index (χ4n) is 15.2. The molecule has 0 spiro atoms. The summed E-state index contributed by atoms with van der Waals surface area (Å²) in [7, 11) is 0. The maximum Gasteiger partial charge on any atom is 2.00 e. The van der Waals surface area contributed by atoms with Crippen molar-refractivity contribution in [2.75, 3.05) is 0 Å². The Morgan fingerprint density at radius 2 is 0.347 bits per heavy atom. The molecular weight excluding hydrogens is 2340 g/mol. The molecule has 0 bridgehead atoms. The van der Waals surface area contributed by atoms with Crippen molar-refractivity contribution in [3.8, 4) is 155 Å². The minimum Gasteiger partial charge on any atom is -0.507 e. The summed E-state index contributed by atoms with van der Waals surface area (Å²) in [6, 6.07) is 117. The summed E-state index contributed by atoms with van der Waals surface area (Å²) >= 11 is 56.8. The van der Waals surface area contributed by atoms with Crippen molar-refractivity contribution in [1.82, 2.24) is 19.9 Å². The van der Waals surface area contributed by atoms with Crippen LogP contribution in [0, 0.1) is 27.7 Å². The largest absolute Gasteiger partial charge is 2.00 e. The van der Waals surface area contributed by atoms with E-state index in [1.165, 1.54) is 45.3 Å². The number of nitrogens with zero attached hydrogens (tertiary/aromatic N) is 4. The van der Waals surface area contributed by atoms with Gasteiger partial charge in [0.2, 0.25) is 0 Å². The zero-order valence-electron chi connectivity index (χ0n) is 85.0. The molecule has 0 amide bonds. The topological polar surface area (TPSA) is 132 Å². The fourth-order valence-corrected chi connectivity index (χ4v) is 20.9. The number of halogens is 8. The van der Waals surface area contributed by atoms with Gasteiger partial charge >= 0.3 is 26.2 Å². The Balaban J connectivity index is 0.000000173. The van der Waals surface area contributed by atoms with Crippen molar-refractivity contribution in [1.29, 1.82) is 0 Å². The quantitative estimate of drug-likeness (QED) is 0.0702. The molecule has 0 saturated carbocycles.